The molecule has 0 radical (unpaired) electrons. The fourth-order valence-electron chi connectivity index (χ4n) is 1.56. The van der Waals surface area contributed by atoms with E-state index in [1.165, 1.54) is 6.21 Å². The van der Waals surface area contributed by atoms with Crippen molar-refractivity contribution < 1.29 is 9.53 Å². The van der Waals surface area contributed by atoms with Gasteiger partial charge in [-0.3, -0.25) is 4.79 Å². The Hall–Kier alpha value is -2.42. The maximum Gasteiger partial charge on any atom is 0.276 e. The molecule has 0 atom stereocenters. The fourth-order valence-corrected chi connectivity index (χ4v) is 1.56. The molecular weight excluding hydrogens is 226 g/mol. The lowest BCUT2D eigenvalue weighted by molar-refractivity contribution is 0.100. The number of benzene rings is 2. The monoisotopic (exact) mass is 239 g/mol. The van der Waals surface area contributed by atoms with Crippen LogP contribution in [0, 0.1) is 0 Å². The standard InChI is InChI=1S/C15H13NO2/c1-18-14-10-6-5-9-13(14)11-16-15(17)12-7-3-2-4-8-12/h2-11H,1H3. The Bertz CT molecular complexity index is 562. The summed E-state index contributed by atoms with van der Waals surface area (Å²) in [5.74, 6) is 0.434. The molecule has 0 aliphatic carbocycles. The van der Waals surface area contributed by atoms with Crippen LogP contribution >= 0.6 is 0 Å². The number of carbonyl (C=O) groups excluding carboxylic acids is 1. The van der Waals surface area contributed by atoms with E-state index in [0.29, 0.717) is 11.3 Å². The van der Waals surface area contributed by atoms with Gasteiger partial charge in [0.1, 0.15) is 5.75 Å². The number of amides is 1. The predicted molar refractivity (Wildman–Crippen MR) is 71.4 cm³/mol. The molecule has 0 saturated carbocycles. The van der Waals surface area contributed by atoms with Crippen molar-refractivity contribution in [2.45, 2.75) is 0 Å². The molecular formula is C15H13NO2. The molecule has 0 bridgehead atoms. The molecule has 0 saturated heterocycles. The van der Waals surface area contributed by atoms with E-state index in [0.717, 1.165) is 5.56 Å². The van der Waals surface area contributed by atoms with E-state index in [1.807, 2.05) is 42.5 Å². The Morgan fingerprint density at radius 2 is 1.72 bits per heavy atom. The molecule has 0 heterocycles. The van der Waals surface area contributed by atoms with Crippen LogP contribution in [-0.2, 0) is 0 Å². The highest BCUT2D eigenvalue weighted by molar-refractivity contribution is 6.02. The maximum absolute atomic E-state index is 11.8. The third kappa shape index (κ3) is 2.83. The van der Waals surface area contributed by atoms with Crippen LogP contribution in [0.2, 0.25) is 0 Å². The average Bonchev–Trinajstić information content (AvgIpc) is 2.46. The number of rotatable bonds is 3. The van der Waals surface area contributed by atoms with Gasteiger partial charge in [-0.2, -0.15) is 0 Å². The molecule has 2 aromatic rings. The minimum Gasteiger partial charge on any atom is -0.496 e. The van der Waals surface area contributed by atoms with Crippen LogP contribution in [0.4, 0.5) is 0 Å². The van der Waals surface area contributed by atoms with Gasteiger partial charge in [-0.25, -0.2) is 4.99 Å². The van der Waals surface area contributed by atoms with E-state index >= 15 is 0 Å². The van der Waals surface area contributed by atoms with Crippen LogP contribution < -0.4 is 4.74 Å². The molecule has 0 spiro atoms. The molecule has 3 heteroatoms. The van der Waals surface area contributed by atoms with Crippen molar-refractivity contribution >= 4 is 12.1 Å². The van der Waals surface area contributed by atoms with Crippen LogP contribution in [0.1, 0.15) is 15.9 Å². The third-order valence-electron chi connectivity index (χ3n) is 2.48. The Balaban J connectivity index is 2.19. The van der Waals surface area contributed by atoms with Crippen molar-refractivity contribution in [1.29, 1.82) is 0 Å². The second-order valence-electron chi connectivity index (χ2n) is 3.67. The summed E-state index contributed by atoms with van der Waals surface area (Å²) < 4.78 is 5.18. The summed E-state index contributed by atoms with van der Waals surface area (Å²) in [6.45, 7) is 0. The second kappa shape index (κ2) is 5.77. The van der Waals surface area contributed by atoms with Crippen molar-refractivity contribution in [3.05, 3.63) is 65.7 Å². The van der Waals surface area contributed by atoms with Gasteiger partial charge in [0.25, 0.3) is 5.91 Å². The van der Waals surface area contributed by atoms with Gasteiger partial charge < -0.3 is 4.74 Å². The summed E-state index contributed by atoms with van der Waals surface area (Å²) in [7, 11) is 1.59. The van der Waals surface area contributed by atoms with Gasteiger partial charge in [0, 0.05) is 17.3 Å². The lowest BCUT2D eigenvalue weighted by atomic mass is 10.2. The highest BCUT2D eigenvalue weighted by atomic mass is 16.5. The first-order chi connectivity index (χ1) is 8.81. The van der Waals surface area contributed by atoms with Crippen LogP contribution in [0.3, 0.4) is 0 Å². The van der Waals surface area contributed by atoms with Crippen molar-refractivity contribution in [3.8, 4) is 5.75 Å². The van der Waals surface area contributed by atoms with Gasteiger partial charge in [0.2, 0.25) is 0 Å². The minimum absolute atomic E-state index is 0.262. The molecule has 0 N–H and O–H groups in total. The van der Waals surface area contributed by atoms with E-state index in [2.05, 4.69) is 4.99 Å². The fraction of sp³-hybridized carbons (Fsp3) is 0.0667. The molecule has 2 rings (SSSR count). The zero-order valence-electron chi connectivity index (χ0n) is 10.0. The number of ether oxygens (including phenoxy) is 1. The van der Waals surface area contributed by atoms with Crippen LogP contribution in [0.5, 0.6) is 5.75 Å². The van der Waals surface area contributed by atoms with E-state index in [9.17, 15) is 4.79 Å². The Labute approximate surface area is 106 Å². The second-order valence-corrected chi connectivity index (χ2v) is 3.67. The Kier molecular flexibility index (Phi) is 3.86. The Morgan fingerprint density at radius 3 is 2.44 bits per heavy atom. The molecule has 2 aromatic carbocycles. The van der Waals surface area contributed by atoms with Crippen molar-refractivity contribution in [1.82, 2.24) is 0 Å². The maximum atomic E-state index is 11.8. The summed E-state index contributed by atoms with van der Waals surface area (Å²) in [6.07, 6.45) is 1.52. The summed E-state index contributed by atoms with van der Waals surface area (Å²) in [4.78, 5) is 15.7. The largest absolute Gasteiger partial charge is 0.496 e. The van der Waals surface area contributed by atoms with Gasteiger partial charge in [0.15, 0.2) is 0 Å². The van der Waals surface area contributed by atoms with Crippen molar-refractivity contribution in [3.63, 3.8) is 0 Å². The van der Waals surface area contributed by atoms with E-state index in [1.54, 1.807) is 19.2 Å². The van der Waals surface area contributed by atoms with E-state index in [4.69, 9.17) is 4.74 Å². The van der Waals surface area contributed by atoms with Crippen molar-refractivity contribution in [2.75, 3.05) is 7.11 Å². The smallest absolute Gasteiger partial charge is 0.276 e. The summed E-state index contributed by atoms with van der Waals surface area (Å²) in [5, 5.41) is 0. The number of aliphatic imine (C=N–C) groups is 1. The molecule has 18 heavy (non-hydrogen) atoms. The normalized spacial score (nSPS) is 10.5. The van der Waals surface area contributed by atoms with Crippen molar-refractivity contribution in [2.24, 2.45) is 4.99 Å². The van der Waals surface area contributed by atoms with Gasteiger partial charge in [-0.05, 0) is 24.3 Å². The molecule has 0 fully saturated rings. The molecule has 1 amide bonds. The lowest BCUT2D eigenvalue weighted by Gasteiger charge is -2.02. The number of methoxy groups -OCH3 is 1. The number of nitrogens with zero attached hydrogens (tertiary/aromatic N) is 1. The number of hydrogen-bond acceptors (Lipinski definition) is 2. The summed E-state index contributed by atoms with van der Waals surface area (Å²) >= 11 is 0. The quantitative estimate of drug-likeness (QED) is 0.772. The lowest BCUT2D eigenvalue weighted by Crippen LogP contribution is -1.96. The summed E-state index contributed by atoms with van der Waals surface area (Å²) in [6, 6.07) is 16.4. The molecule has 0 aliphatic rings. The SMILES string of the molecule is COc1ccccc1C=NC(=O)c1ccccc1. The third-order valence-corrected chi connectivity index (χ3v) is 2.48. The van der Waals surface area contributed by atoms with Gasteiger partial charge in [-0.1, -0.05) is 30.3 Å². The number of para-hydroxylation sites is 1. The number of carbonyl (C=O) groups is 1. The van der Waals surface area contributed by atoms with Crippen LogP contribution in [0.15, 0.2) is 59.6 Å². The van der Waals surface area contributed by atoms with Gasteiger partial charge in [0.05, 0.1) is 7.11 Å². The molecule has 0 aliphatic heterocycles. The zero-order chi connectivity index (χ0) is 12.8. The first kappa shape index (κ1) is 12.0. The van der Waals surface area contributed by atoms with Gasteiger partial charge >= 0.3 is 0 Å². The molecule has 90 valence electrons. The molecule has 0 unspecified atom stereocenters. The Morgan fingerprint density at radius 1 is 1.06 bits per heavy atom. The first-order valence-electron chi connectivity index (χ1n) is 5.58. The highest BCUT2D eigenvalue weighted by Gasteiger charge is 2.02. The summed E-state index contributed by atoms with van der Waals surface area (Å²) in [5.41, 5.74) is 1.35. The first-order valence-corrected chi connectivity index (χ1v) is 5.58. The van der Waals surface area contributed by atoms with E-state index in [-0.39, 0.29) is 5.91 Å². The molecule has 3 nitrogen and oxygen atoms in total. The van der Waals surface area contributed by atoms with E-state index < -0.39 is 0 Å². The average molecular weight is 239 g/mol. The topological polar surface area (TPSA) is 38.7 Å². The molecule has 0 aromatic heterocycles. The van der Waals surface area contributed by atoms with Crippen LogP contribution in [-0.4, -0.2) is 19.2 Å². The zero-order valence-corrected chi connectivity index (χ0v) is 10.0. The number of hydrogen-bond donors (Lipinski definition) is 0. The van der Waals surface area contributed by atoms with Gasteiger partial charge in [-0.15, -0.1) is 0 Å². The highest BCUT2D eigenvalue weighted by Crippen LogP contribution is 2.15. The minimum atomic E-state index is -0.262. The van der Waals surface area contributed by atoms with Crippen LogP contribution in [0.25, 0.3) is 0 Å². The predicted octanol–water partition coefficient (Wildman–Crippen LogP) is 2.95.